The van der Waals surface area contributed by atoms with Crippen molar-refractivity contribution >= 4 is 23.8 Å². The van der Waals surface area contributed by atoms with E-state index < -0.39 is 36.2 Å². The Bertz CT molecular complexity index is 391. The van der Waals surface area contributed by atoms with E-state index >= 15 is 0 Å². The minimum atomic E-state index is -1.31. The maximum Gasteiger partial charge on any atom is 0.330 e. The summed E-state index contributed by atoms with van der Waals surface area (Å²) in [5.74, 6) is -3.84. The number of rotatable bonds is 5. The average molecular weight is 256 g/mol. The second-order valence-corrected chi connectivity index (χ2v) is 4.62. The van der Waals surface area contributed by atoms with E-state index in [2.05, 4.69) is 0 Å². The Kier molecular flexibility index (Phi) is 4.41. The van der Waals surface area contributed by atoms with Crippen molar-refractivity contribution in [3.63, 3.8) is 0 Å². The van der Waals surface area contributed by atoms with Crippen molar-refractivity contribution in [3.05, 3.63) is 0 Å². The maximum absolute atomic E-state index is 11.9. The fraction of sp³-hybridized carbons (Fsp3) is 0.636. The molecular formula is C11H16N2O5. The van der Waals surface area contributed by atoms with Gasteiger partial charge in [0, 0.05) is 6.54 Å². The highest BCUT2D eigenvalue weighted by Crippen LogP contribution is 2.15. The molecule has 1 aliphatic rings. The van der Waals surface area contributed by atoms with Crippen LogP contribution in [0.3, 0.4) is 0 Å². The second-order valence-electron chi connectivity index (χ2n) is 4.62. The predicted molar refractivity (Wildman–Crippen MR) is 60.4 cm³/mol. The van der Waals surface area contributed by atoms with Crippen LogP contribution in [-0.2, 0) is 14.4 Å². The van der Waals surface area contributed by atoms with Crippen LogP contribution >= 0.6 is 0 Å². The van der Waals surface area contributed by atoms with Gasteiger partial charge in [0.25, 0.3) is 0 Å². The quantitative estimate of drug-likeness (QED) is 0.684. The molecule has 1 unspecified atom stereocenters. The van der Waals surface area contributed by atoms with Crippen molar-refractivity contribution in [2.45, 2.75) is 26.7 Å². The lowest BCUT2D eigenvalue weighted by atomic mass is 10.00. The van der Waals surface area contributed by atoms with Crippen LogP contribution in [-0.4, -0.2) is 40.4 Å². The van der Waals surface area contributed by atoms with Crippen molar-refractivity contribution in [2.75, 3.05) is 6.54 Å². The molecule has 0 radical (unpaired) electrons. The van der Waals surface area contributed by atoms with E-state index in [9.17, 15) is 19.2 Å². The van der Waals surface area contributed by atoms with Crippen LogP contribution < -0.4 is 5.32 Å². The number of carboxylic acid groups (broad SMARTS) is 1. The van der Waals surface area contributed by atoms with Gasteiger partial charge in [0.15, 0.2) is 0 Å². The SMILES string of the molecule is CC(C)CCN1C(=O)NC(=O)C(CC(=O)O)C1=O. The number of amides is 4. The van der Waals surface area contributed by atoms with E-state index in [1.165, 1.54) is 0 Å². The Balaban J connectivity index is 2.78. The van der Waals surface area contributed by atoms with Crippen molar-refractivity contribution in [2.24, 2.45) is 11.8 Å². The van der Waals surface area contributed by atoms with Crippen molar-refractivity contribution in [3.8, 4) is 0 Å². The molecule has 0 spiro atoms. The van der Waals surface area contributed by atoms with Gasteiger partial charge >= 0.3 is 12.0 Å². The monoisotopic (exact) mass is 256 g/mol. The van der Waals surface area contributed by atoms with Gasteiger partial charge in [-0.2, -0.15) is 0 Å². The molecule has 1 saturated heterocycles. The molecule has 0 aromatic rings. The van der Waals surface area contributed by atoms with Gasteiger partial charge in [0.05, 0.1) is 6.42 Å². The molecule has 2 N–H and O–H groups in total. The average Bonchev–Trinajstić information content (AvgIpc) is 2.23. The molecule has 0 bridgehead atoms. The van der Waals surface area contributed by atoms with E-state index in [0.717, 1.165) is 4.90 Å². The summed E-state index contributed by atoms with van der Waals surface area (Å²) in [6, 6.07) is -0.771. The zero-order valence-corrected chi connectivity index (χ0v) is 10.3. The number of aliphatic carboxylic acids is 1. The second kappa shape index (κ2) is 5.61. The number of hydrogen-bond acceptors (Lipinski definition) is 4. The van der Waals surface area contributed by atoms with E-state index in [1.54, 1.807) is 0 Å². The summed E-state index contributed by atoms with van der Waals surface area (Å²) in [6.45, 7) is 4.06. The van der Waals surface area contributed by atoms with E-state index in [1.807, 2.05) is 19.2 Å². The van der Waals surface area contributed by atoms with E-state index in [-0.39, 0.29) is 6.54 Å². The van der Waals surface area contributed by atoms with Gasteiger partial charge in [0.2, 0.25) is 11.8 Å². The van der Waals surface area contributed by atoms with Gasteiger partial charge in [-0.1, -0.05) is 13.8 Å². The summed E-state index contributed by atoms with van der Waals surface area (Å²) < 4.78 is 0. The molecule has 0 aromatic carbocycles. The molecular weight excluding hydrogens is 240 g/mol. The molecule has 100 valence electrons. The third kappa shape index (κ3) is 3.28. The number of hydrogen-bond donors (Lipinski definition) is 2. The molecule has 0 aliphatic carbocycles. The molecule has 1 fully saturated rings. The Hall–Kier alpha value is -1.92. The normalized spacial score (nSPS) is 20.3. The van der Waals surface area contributed by atoms with Crippen LogP contribution in [0.5, 0.6) is 0 Å². The fourth-order valence-corrected chi connectivity index (χ4v) is 1.61. The number of carboxylic acids is 1. The summed E-state index contributed by atoms with van der Waals surface area (Å²) in [5, 5.41) is 10.6. The molecule has 18 heavy (non-hydrogen) atoms. The zero-order valence-electron chi connectivity index (χ0n) is 10.3. The summed E-state index contributed by atoms with van der Waals surface area (Å²) in [4.78, 5) is 46.2. The smallest absolute Gasteiger partial charge is 0.330 e. The fourth-order valence-electron chi connectivity index (χ4n) is 1.61. The molecule has 0 saturated carbocycles. The van der Waals surface area contributed by atoms with Gasteiger partial charge < -0.3 is 5.11 Å². The molecule has 7 nitrogen and oxygen atoms in total. The summed E-state index contributed by atoms with van der Waals surface area (Å²) >= 11 is 0. The zero-order chi connectivity index (χ0) is 13.9. The lowest BCUT2D eigenvalue weighted by Crippen LogP contribution is -2.58. The lowest BCUT2D eigenvalue weighted by Gasteiger charge is -2.29. The molecule has 1 aliphatic heterocycles. The van der Waals surface area contributed by atoms with Crippen LogP contribution in [0.15, 0.2) is 0 Å². The number of imide groups is 2. The highest BCUT2D eigenvalue weighted by atomic mass is 16.4. The first-order chi connectivity index (χ1) is 8.32. The van der Waals surface area contributed by atoms with Crippen LogP contribution in [0.4, 0.5) is 4.79 Å². The van der Waals surface area contributed by atoms with E-state index in [4.69, 9.17) is 5.11 Å². The van der Waals surface area contributed by atoms with Gasteiger partial charge in [-0.15, -0.1) is 0 Å². The topological polar surface area (TPSA) is 104 Å². The third-order valence-corrected chi connectivity index (χ3v) is 2.66. The van der Waals surface area contributed by atoms with E-state index in [0.29, 0.717) is 12.3 Å². The lowest BCUT2D eigenvalue weighted by molar-refractivity contribution is -0.149. The molecule has 4 amide bonds. The number of nitrogens with one attached hydrogen (secondary N) is 1. The van der Waals surface area contributed by atoms with Gasteiger partial charge in [0.1, 0.15) is 5.92 Å². The molecule has 0 aromatic heterocycles. The molecule has 1 rings (SSSR count). The number of nitrogens with zero attached hydrogens (tertiary/aromatic N) is 1. The van der Waals surface area contributed by atoms with Gasteiger partial charge in [-0.25, -0.2) is 4.79 Å². The van der Waals surface area contributed by atoms with Crippen LogP contribution in [0.25, 0.3) is 0 Å². The Morgan fingerprint density at radius 1 is 1.39 bits per heavy atom. The van der Waals surface area contributed by atoms with Crippen LogP contribution in [0, 0.1) is 11.8 Å². The third-order valence-electron chi connectivity index (χ3n) is 2.66. The first kappa shape index (κ1) is 14.1. The number of carbonyl (C=O) groups excluding carboxylic acids is 3. The number of urea groups is 1. The summed E-state index contributed by atoms with van der Waals surface area (Å²) in [6.07, 6.45) is 0.00324. The predicted octanol–water partition coefficient (Wildman–Crippen LogP) is 0.202. The molecule has 1 atom stereocenters. The maximum atomic E-state index is 11.9. The minimum absolute atomic E-state index is 0.186. The Morgan fingerprint density at radius 2 is 2.00 bits per heavy atom. The summed E-state index contributed by atoms with van der Waals surface area (Å²) in [5.41, 5.74) is 0. The van der Waals surface area contributed by atoms with Crippen molar-refractivity contribution < 1.29 is 24.3 Å². The Morgan fingerprint density at radius 3 is 2.50 bits per heavy atom. The van der Waals surface area contributed by atoms with Crippen LogP contribution in [0.2, 0.25) is 0 Å². The molecule has 7 heteroatoms. The standard InChI is InChI=1S/C11H16N2O5/c1-6(2)3-4-13-10(17)7(5-8(14)15)9(16)12-11(13)18/h6-7H,3-5H2,1-2H3,(H,14,15)(H,12,16,18). The van der Waals surface area contributed by atoms with Crippen LogP contribution in [0.1, 0.15) is 26.7 Å². The number of barbiturate groups is 1. The molecule has 1 heterocycles. The largest absolute Gasteiger partial charge is 0.481 e. The number of carbonyl (C=O) groups is 4. The van der Waals surface area contributed by atoms with Crippen molar-refractivity contribution in [1.82, 2.24) is 10.2 Å². The minimum Gasteiger partial charge on any atom is -0.481 e. The first-order valence-corrected chi connectivity index (χ1v) is 5.71. The summed E-state index contributed by atoms with van der Waals surface area (Å²) in [7, 11) is 0. The van der Waals surface area contributed by atoms with Gasteiger partial charge in [-0.3, -0.25) is 24.6 Å². The highest BCUT2D eigenvalue weighted by molar-refractivity contribution is 6.17. The van der Waals surface area contributed by atoms with Gasteiger partial charge in [-0.05, 0) is 12.3 Å². The van der Waals surface area contributed by atoms with Crippen molar-refractivity contribution in [1.29, 1.82) is 0 Å². The Labute approximate surface area is 104 Å². The first-order valence-electron chi connectivity index (χ1n) is 5.71. The highest BCUT2D eigenvalue weighted by Gasteiger charge is 2.41.